The number of hydrogen-bond acceptors (Lipinski definition) is 4. The van der Waals surface area contributed by atoms with Crippen LogP contribution in [0.5, 0.6) is 0 Å². The summed E-state index contributed by atoms with van der Waals surface area (Å²) in [6, 6.07) is 7.71. The number of alkyl halides is 3. The number of nitriles is 1. The van der Waals surface area contributed by atoms with Crippen molar-refractivity contribution in [2.45, 2.75) is 6.18 Å². The molecule has 0 unspecified atom stereocenters. The number of nitrogens with two attached hydrogens (primary N) is 1. The van der Waals surface area contributed by atoms with Gasteiger partial charge in [0.1, 0.15) is 11.9 Å². The Bertz CT molecular complexity index is 722. The van der Waals surface area contributed by atoms with E-state index in [1.54, 1.807) is 6.07 Å². The van der Waals surface area contributed by atoms with E-state index in [1.165, 1.54) is 18.2 Å². The first kappa shape index (κ1) is 14.9. The van der Waals surface area contributed by atoms with E-state index in [-0.39, 0.29) is 27.9 Å². The van der Waals surface area contributed by atoms with E-state index in [2.05, 4.69) is 10.3 Å². The summed E-state index contributed by atoms with van der Waals surface area (Å²) in [4.78, 5) is 3.89. The van der Waals surface area contributed by atoms with Crippen LogP contribution in [0.25, 0.3) is 0 Å². The molecule has 0 fully saturated rings. The average Bonchev–Trinajstić information content (AvgIpc) is 2.39. The van der Waals surface area contributed by atoms with Gasteiger partial charge in [0, 0.05) is 10.7 Å². The summed E-state index contributed by atoms with van der Waals surface area (Å²) in [6.07, 6.45) is -4.51. The van der Waals surface area contributed by atoms with Gasteiger partial charge in [-0.3, -0.25) is 0 Å². The summed E-state index contributed by atoms with van der Waals surface area (Å²) in [5.41, 5.74) is 4.91. The summed E-state index contributed by atoms with van der Waals surface area (Å²) in [5, 5.41) is 11.4. The van der Waals surface area contributed by atoms with Crippen molar-refractivity contribution < 1.29 is 13.2 Å². The zero-order chi connectivity index (χ0) is 15.6. The third kappa shape index (κ3) is 3.55. The van der Waals surface area contributed by atoms with Crippen LogP contribution in [0.1, 0.15) is 11.3 Å². The van der Waals surface area contributed by atoms with Crippen LogP contribution >= 0.6 is 11.6 Å². The van der Waals surface area contributed by atoms with Gasteiger partial charge in [0.05, 0.1) is 11.3 Å². The number of nitrogen functional groups attached to an aromatic ring is 1. The fourth-order valence-electron chi connectivity index (χ4n) is 1.60. The second-order valence-corrected chi connectivity index (χ2v) is 4.53. The first-order valence-corrected chi connectivity index (χ1v) is 5.99. The van der Waals surface area contributed by atoms with Gasteiger partial charge in [-0.2, -0.15) is 18.4 Å². The van der Waals surface area contributed by atoms with Crippen LogP contribution in [-0.4, -0.2) is 4.98 Å². The van der Waals surface area contributed by atoms with Crippen molar-refractivity contribution in [3.05, 3.63) is 46.6 Å². The van der Waals surface area contributed by atoms with Crippen LogP contribution in [-0.2, 0) is 6.18 Å². The van der Waals surface area contributed by atoms with Gasteiger partial charge in [0.15, 0.2) is 5.69 Å². The van der Waals surface area contributed by atoms with Gasteiger partial charge < -0.3 is 11.1 Å². The Labute approximate surface area is 123 Å². The molecule has 21 heavy (non-hydrogen) atoms. The van der Waals surface area contributed by atoms with Crippen molar-refractivity contribution >= 4 is 28.8 Å². The molecule has 0 saturated carbocycles. The highest BCUT2D eigenvalue weighted by Gasteiger charge is 2.31. The van der Waals surface area contributed by atoms with Crippen molar-refractivity contribution in [1.82, 2.24) is 4.98 Å². The van der Waals surface area contributed by atoms with Gasteiger partial charge in [-0.1, -0.05) is 11.6 Å². The largest absolute Gasteiger partial charge is 0.416 e. The molecule has 2 aromatic rings. The fourth-order valence-corrected chi connectivity index (χ4v) is 1.84. The third-order valence-electron chi connectivity index (χ3n) is 2.53. The lowest BCUT2D eigenvalue weighted by Crippen LogP contribution is -2.06. The summed E-state index contributed by atoms with van der Waals surface area (Å²) < 4.78 is 38.1. The van der Waals surface area contributed by atoms with E-state index in [4.69, 9.17) is 22.6 Å². The maximum atomic E-state index is 12.7. The van der Waals surface area contributed by atoms with E-state index in [0.717, 1.165) is 12.1 Å². The summed E-state index contributed by atoms with van der Waals surface area (Å²) >= 11 is 5.67. The van der Waals surface area contributed by atoms with Crippen molar-refractivity contribution in [3.63, 3.8) is 0 Å². The molecule has 0 radical (unpaired) electrons. The number of nitrogens with zero attached hydrogens (tertiary/aromatic N) is 2. The predicted octanol–water partition coefficient (Wildman–Crippen LogP) is 3.95. The monoisotopic (exact) mass is 312 g/mol. The van der Waals surface area contributed by atoms with E-state index in [1.807, 2.05) is 0 Å². The Hall–Kier alpha value is -2.46. The highest BCUT2D eigenvalue weighted by molar-refractivity contribution is 6.31. The molecule has 0 amide bonds. The second-order valence-electron chi connectivity index (χ2n) is 4.10. The number of anilines is 3. The molecule has 8 heteroatoms. The number of pyridine rings is 1. The standard InChI is InChI=1S/C13H8ClF3N4/c14-8-3-7(13(15,16)17)4-9(5-8)20-12-2-1-10(19)11(6-18)21-12/h1-5H,19H2,(H,20,21). The third-order valence-corrected chi connectivity index (χ3v) is 2.75. The fraction of sp³-hybridized carbons (Fsp3) is 0.0769. The minimum absolute atomic E-state index is 0.0157. The molecule has 0 aliphatic heterocycles. The highest BCUT2D eigenvalue weighted by Crippen LogP contribution is 2.34. The van der Waals surface area contributed by atoms with Gasteiger partial charge in [0.25, 0.3) is 0 Å². The Balaban J connectivity index is 2.36. The van der Waals surface area contributed by atoms with Gasteiger partial charge >= 0.3 is 6.18 Å². The highest BCUT2D eigenvalue weighted by atomic mass is 35.5. The lowest BCUT2D eigenvalue weighted by molar-refractivity contribution is -0.137. The molecule has 0 saturated heterocycles. The molecular weight excluding hydrogens is 305 g/mol. The maximum Gasteiger partial charge on any atom is 0.416 e. The number of rotatable bonds is 2. The van der Waals surface area contributed by atoms with E-state index >= 15 is 0 Å². The van der Waals surface area contributed by atoms with Crippen LogP contribution in [0.15, 0.2) is 30.3 Å². The zero-order valence-electron chi connectivity index (χ0n) is 10.4. The number of hydrogen-bond donors (Lipinski definition) is 2. The normalized spacial score (nSPS) is 11.0. The van der Waals surface area contributed by atoms with Crippen LogP contribution < -0.4 is 11.1 Å². The minimum Gasteiger partial charge on any atom is -0.396 e. The van der Waals surface area contributed by atoms with Gasteiger partial charge in [-0.15, -0.1) is 0 Å². The topological polar surface area (TPSA) is 74.7 Å². The minimum atomic E-state index is -4.51. The summed E-state index contributed by atoms with van der Waals surface area (Å²) in [5.74, 6) is 0.191. The number of benzene rings is 1. The number of nitrogens with one attached hydrogen (secondary N) is 1. The van der Waals surface area contributed by atoms with Crippen LogP contribution in [0.3, 0.4) is 0 Å². The predicted molar refractivity (Wildman–Crippen MR) is 73.1 cm³/mol. The smallest absolute Gasteiger partial charge is 0.396 e. The molecule has 0 spiro atoms. The molecule has 3 N–H and O–H groups in total. The van der Waals surface area contributed by atoms with E-state index < -0.39 is 11.7 Å². The van der Waals surface area contributed by atoms with Gasteiger partial charge in [-0.05, 0) is 30.3 Å². The Morgan fingerprint density at radius 1 is 1.24 bits per heavy atom. The molecule has 1 aromatic carbocycles. The molecule has 108 valence electrons. The molecule has 0 atom stereocenters. The molecule has 0 bridgehead atoms. The Kier molecular flexibility index (Phi) is 3.91. The molecular formula is C13H8ClF3N4. The zero-order valence-corrected chi connectivity index (χ0v) is 11.1. The molecule has 0 aliphatic rings. The number of aromatic nitrogens is 1. The molecule has 0 aliphatic carbocycles. The lowest BCUT2D eigenvalue weighted by Gasteiger charge is -2.11. The first-order chi connectivity index (χ1) is 9.79. The maximum absolute atomic E-state index is 12.7. The van der Waals surface area contributed by atoms with Gasteiger partial charge in [0.2, 0.25) is 0 Å². The lowest BCUT2D eigenvalue weighted by atomic mass is 10.2. The Morgan fingerprint density at radius 3 is 2.57 bits per heavy atom. The van der Waals surface area contributed by atoms with Crippen molar-refractivity contribution in [2.75, 3.05) is 11.1 Å². The molecule has 1 heterocycles. The molecule has 2 rings (SSSR count). The van der Waals surface area contributed by atoms with Crippen molar-refractivity contribution in [2.24, 2.45) is 0 Å². The average molecular weight is 313 g/mol. The quantitative estimate of drug-likeness (QED) is 0.880. The molecule has 1 aromatic heterocycles. The van der Waals surface area contributed by atoms with Crippen LogP contribution in [0, 0.1) is 11.3 Å². The summed E-state index contributed by atoms with van der Waals surface area (Å²) in [6.45, 7) is 0. The molecule has 4 nitrogen and oxygen atoms in total. The second kappa shape index (κ2) is 5.50. The van der Waals surface area contributed by atoms with Crippen LogP contribution in [0.2, 0.25) is 5.02 Å². The van der Waals surface area contributed by atoms with Crippen LogP contribution in [0.4, 0.5) is 30.4 Å². The van der Waals surface area contributed by atoms with Crippen molar-refractivity contribution in [1.29, 1.82) is 5.26 Å². The SMILES string of the molecule is N#Cc1nc(Nc2cc(Cl)cc(C(F)(F)F)c2)ccc1N. The Morgan fingerprint density at radius 2 is 1.95 bits per heavy atom. The van der Waals surface area contributed by atoms with Crippen molar-refractivity contribution in [3.8, 4) is 6.07 Å². The van der Waals surface area contributed by atoms with E-state index in [0.29, 0.717) is 0 Å². The van der Waals surface area contributed by atoms with E-state index in [9.17, 15) is 13.2 Å². The van der Waals surface area contributed by atoms with Gasteiger partial charge in [-0.25, -0.2) is 4.98 Å². The first-order valence-electron chi connectivity index (χ1n) is 5.61. The number of halogens is 4. The summed E-state index contributed by atoms with van der Waals surface area (Å²) in [7, 11) is 0.